The molecule has 0 aromatic carbocycles. The molecule has 0 aliphatic carbocycles. The lowest BCUT2D eigenvalue weighted by atomic mass is 9.83. The molecule has 126 valence electrons. The van der Waals surface area contributed by atoms with Crippen LogP contribution in [0.5, 0.6) is 0 Å². The van der Waals surface area contributed by atoms with E-state index in [1.807, 2.05) is 35.4 Å². The first-order valence-electron chi connectivity index (χ1n) is 8.63. The SMILES string of the molecule is Cc1ccc(C)n1CC(=O)N1CC2CC(C1)c1cccc(=O)n1C2. The third kappa shape index (κ3) is 2.48. The zero-order chi connectivity index (χ0) is 16.8. The Morgan fingerprint density at radius 3 is 2.58 bits per heavy atom. The second-order valence-electron chi connectivity index (χ2n) is 7.20. The van der Waals surface area contributed by atoms with Gasteiger partial charge in [0.05, 0.1) is 0 Å². The van der Waals surface area contributed by atoms with Crippen molar-refractivity contribution in [3.63, 3.8) is 0 Å². The lowest BCUT2D eigenvalue weighted by molar-refractivity contribution is -0.134. The molecule has 2 aromatic heterocycles. The molecule has 5 nitrogen and oxygen atoms in total. The zero-order valence-electron chi connectivity index (χ0n) is 14.2. The Bertz CT molecular complexity index is 829. The summed E-state index contributed by atoms with van der Waals surface area (Å²) < 4.78 is 3.98. The summed E-state index contributed by atoms with van der Waals surface area (Å²) >= 11 is 0. The number of rotatable bonds is 2. The first-order valence-corrected chi connectivity index (χ1v) is 8.63. The van der Waals surface area contributed by atoms with Crippen LogP contribution >= 0.6 is 0 Å². The van der Waals surface area contributed by atoms with Crippen LogP contribution in [0.4, 0.5) is 0 Å². The van der Waals surface area contributed by atoms with Crippen LogP contribution in [0.3, 0.4) is 0 Å². The number of amides is 1. The van der Waals surface area contributed by atoms with E-state index in [4.69, 9.17) is 0 Å². The van der Waals surface area contributed by atoms with Crippen LogP contribution in [0.1, 0.15) is 29.4 Å². The van der Waals surface area contributed by atoms with Crippen molar-refractivity contribution in [1.29, 1.82) is 0 Å². The fraction of sp³-hybridized carbons (Fsp3) is 0.474. The molecule has 2 aliphatic heterocycles. The average Bonchev–Trinajstić information content (AvgIpc) is 2.87. The van der Waals surface area contributed by atoms with E-state index in [-0.39, 0.29) is 17.4 Å². The number of carbonyl (C=O) groups excluding carboxylic acids is 1. The highest BCUT2D eigenvalue weighted by Crippen LogP contribution is 2.35. The Morgan fingerprint density at radius 2 is 1.83 bits per heavy atom. The molecule has 2 aliphatic rings. The maximum atomic E-state index is 12.8. The van der Waals surface area contributed by atoms with Crippen molar-refractivity contribution >= 4 is 5.91 Å². The van der Waals surface area contributed by atoms with E-state index in [1.54, 1.807) is 6.07 Å². The van der Waals surface area contributed by atoms with Crippen LogP contribution in [-0.4, -0.2) is 33.0 Å². The second-order valence-corrected chi connectivity index (χ2v) is 7.20. The lowest BCUT2D eigenvalue weighted by Gasteiger charge is -2.42. The van der Waals surface area contributed by atoms with Gasteiger partial charge in [0.1, 0.15) is 6.54 Å². The predicted octanol–water partition coefficient (Wildman–Crippen LogP) is 1.91. The Labute approximate surface area is 141 Å². The third-order valence-electron chi connectivity index (χ3n) is 5.54. The van der Waals surface area contributed by atoms with Gasteiger partial charge in [-0.1, -0.05) is 6.07 Å². The van der Waals surface area contributed by atoms with E-state index in [0.29, 0.717) is 12.5 Å². The number of piperidine rings is 1. The standard InChI is InChI=1S/C19H23N3O2/c1-13-6-7-14(2)21(13)12-19(24)20-9-15-8-16(11-20)17-4-3-5-18(23)22(17)10-15/h3-7,15-16H,8-12H2,1-2H3. The monoisotopic (exact) mass is 325 g/mol. The molecule has 1 saturated heterocycles. The highest BCUT2D eigenvalue weighted by atomic mass is 16.2. The van der Waals surface area contributed by atoms with Crippen LogP contribution < -0.4 is 5.56 Å². The van der Waals surface area contributed by atoms with Gasteiger partial charge in [0.25, 0.3) is 5.56 Å². The summed E-state index contributed by atoms with van der Waals surface area (Å²) in [5.41, 5.74) is 3.41. The number of pyridine rings is 1. The van der Waals surface area contributed by atoms with Crippen molar-refractivity contribution in [2.75, 3.05) is 13.1 Å². The van der Waals surface area contributed by atoms with Gasteiger partial charge in [0.2, 0.25) is 5.91 Å². The summed E-state index contributed by atoms with van der Waals surface area (Å²) in [6, 6.07) is 9.61. The van der Waals surface area contributed by atoms with Crippen molar-refractivity contribution < 1.29 is 4.79 Å². The molecule has 2 aromatic rings. The summed E-state index contributed by atoms with van der Waals surface area (Å²) in [6.45, 7) is 6.69. The number of hydrogen-bond donors (Lipinski definition) is 0. The smallest absolute Gasteiger partial charge is 0.250 e. The Balaban J connectivity index is 1.56. The van der Waals surface area contributed by atoms with Crippen molar-refractivity contribution in [2.45, 2.75) is 39.3 Å². The van der Waals surface area contributed by atoms with Crippen molar-refractivity contribution in [2.24, 2.45) is 5.92 Å². The number of nitrogens with zero attached hydrogens (tertiary/aromatic N) is 3. The first-order chi connectivity index (χ1) is 11.5. The molecule has 2 bridgehead atoms. The molecular formula is C19H23N3O2. The highest BCUT2D eigenvalue weighted by Gasteiger charge is 2.36. The molecule has 4 heterocycles. The largest absolute Gasteiger partial charge is 0.340 e. The van der Waals surface area contributed by atoms with Gasteiger partial charge in [-0.05, 0) is 44.4 Å². The van der Waals surface area contributed by atoms with Gasteiger partial charge in [-0.3, -0.25) is 9.59 Å². The predicted molar refractivity (Wildman–Crippen MR) is 92.0 cm³/mol. The normalized spacial score (nSPS) is 22.3. The van der Waals surface area contributed by atoms with E-state index >= 15 is 0 Å². The van der Waals surface area contributed by atoms with Gasteiger partial charge in [-0.2, -0.15) is 0 Å². The molecule has 1 amide bonds. The summed E-state index contributed by atoms with van der Waals surface area (Å²) in [6.07, 6.45) is 1.08. The van der Waals surface area contributed by atoms with Crippen LogP contribution in [0, 0.1) is 19.8 Å². The molecule has 0 spiro atoms. The zero-order valence-corrected chi connectivity index (χ0v) is 14.2. The number of aryl methyl sites for hydroxylation is 2. The highest BCUT2D eigenvalue weighted by molar-refractivity contribution is 5.76. The summed E-state index contributed by atoms with van der Waals surface area (Å²) in [4.78, 5) is 26.9. The molecule has 24 heavy (non-hydrogen) atoms. The minimum absolute atomic E-state index is 0.0839. The lowest BCUT2D eigenvalue weighted by Crippen LogP contribution is -2.49. The number of aromatic nitrogens is 2. The van der Waals surface area contributed by atoms with E-state index < -0.39 is 0 Å². The van der Waals surface area contributed by atoms with Gasteiger partial charge >= 0.3 is 0 Å². The van der Waals surface area contributed by atoms with Crippen molar-refractivity contribution in [1.82, 2.24) is 14.0 Å². The Kier molecular flexibility index (Phi) is 3.59. The molecule has 5 heteroatoms. The molecule has 0 saturated carbocycles. The van der Waals surface area contributed by atoms with E-state index in [0.717, 1.165) is 43.1 Å². The topological polar surface area (TPSA) is 47.2 Å². The molecule has 2 atom stereocenters. The number of likely N-dealkylation sites (tertiary alicyclic amines) is 1. The van der Waals surface area contributed by atoms with Crippen LogP contribution in [0.15, 0.2) is 35.1 Å². The fourth-order valence-electron chi connectivity index (χ4n) is 4.28. The molecule has 0 radical (unpaired) electrons. The van der Waals surface area contributed by atoms with Crippen LogP contribution in [0.25, 0.3) is 0 Å². The van der Waals surface area contributed by atoms with Gasteiger partial charge < -0.3 is 14.0 Å². The number of hydrogen-bond acceptors (Lipinski definition) is 2. The first kappa shape index (κ1) is 15.2. The van der Waals surface area contributed by atoms with E-state index in [1.165, 1.54) is 0 Å². The van der Waals surface area contributed by atoms with Crippen molar-refractivity contribution in [3.05, 3.63) is 57.8 Å². The number of fused-ring (bicyclic) bond motifs is 4. The minimum Gasteiger partial charge on any atom is -0.340 e. The van der Waals surface area contributed by atoms with Crippen LogP contribution in [0.2, 0.25) is 0 Å². The molecule has 4 rings (SSSR count). The minimum atomic E-state index is 0.0839. The Morgan fingerprint density at radius 1 is 1.08 bits per heavy atom. The summed E-state index contributed by atoms with van der Waals surface area (Å²) in [5, 5.41) is 0. The van der Waals surface area contributed by atoms with E-state index in [2.05, 4.69) is 16.7 Å². The molecule has 2 unspecified atom stereocenters. The third-order valence-corrected chi connectivity index (χ3v) is 5.54. The summed E-state index contributed by atoms with van der Waals surface area (Å²) in [7, 11) is 0. The van der Waals surface area contributed by atoms with E-state index in [9.17, 15) is 9.59 Å². The maximum Gasteiger partial charge on any atom is 0.250 e. The average molecular weight is 325 g/mol. The molecule has 1 fully saturated rings. The van der Waals surface area contributed by atoms with Gasteiger partial charge in [-0.15, -0.1) is 0 Å². The summed E-state index contributed by atoms with van der Waals surface area (Å²) in [5.74, 6) is 0.841. The van der Waals surface area contributed by atoms with Gasteiger partial charge in [-0.25, -0.2) is 0 Å². The van der Waals surface area contributed by atoms with Crippen molar-refractivity contribution in [3.8, 4) is 0 Å². The Hall–Kier alpha value is -2.30. The quantitative estimate of drug-likeness (QED) is 0.847. The molecular weight excluding hydrogens is 302 g/mol. The maximum absolute atomic E-state index is 12.8. The fourth-order valence-corrected chi connectivity index (χ4v) is 4.28. The second kappa shape index (κ2) is 5.65. The van der Waals surface area contributed by atoms with Gasteiger partial charge in [0, 0.05) is 48.7 Å². The number of carbonyl (C=O) groups is 1. The van der Waals surface area contributed by atoms with Gasteiger partial charge in [0.15, 0.2) is 0 Å². The van der Waals surface area contributed by atoms with Crippen LogP contribution in [-0.2, 0) is 17.9 Å². The molecule has 0 N–H and O–H groups in total.